The quantitative estimate of drug-likeness (QED) is 0.472. The Morgan fingerprint density at radius 3 is 3.08 bits per heavy atom. The smallest absolute Gasteiger partial charge is 0.334 e. The van der Waals surface area contributed by atoms with Crippen molar-refractivity contribution in [3.8, 4) is 0 Å². The van der Waals surface area contributed by atoms with E-state index in [-0.39, 0.29) is 6.54 Å². The number of rotatable bonds is 2. The summed E-state index contributed by atoms with van der Waals surface area (Å²) in [4.78, 5) is 17.5. The lowest BCUT2D eigenvalue weighted by atomic mass is 10.1. The molecule has 0 aliphatic carbocycles. The highest BCUT2D eigenvalue weighted by Gasteiger charge is 2.36. The molecule has 0 amide bonds. The average molecular weight is 189 g/mol. The summed E-state index contributed by atoms with van der Waals surface area (Å²) in [5, 5.41) is 0. The number of hydrogen-bond donors (Lipinski definition) is 0. The summed E-state index contributed by atoms with van der Waals surface area (Å²) in [6.45, 7) is 2.23. The first-order valence-electron chi connectivity index (χ1n) is 3.58. The number of hydrogen-bond acceptors (Lipinski definition) is 4. The van der Waals surface area contributed by atoms with Crippen LogP contribution in [-0.4, -0.2) is 36.5 Å². The summed E-state index contributed by atoms with van der Waals surface area (Å²) in [5.74, 6) is -0.493. The fraction of sp³-hybridized carbons (Fsp3) is 0.571. The number of alkyl halides is 1. The molecule has 0 N–H and O–H groups in total. The van der Waals surface area contributed by atoms with Crippen molar-refractivity contribution in [2.75, 3.05) is 13.2 Å². The average Bonchev–Trinajstić information content (AvgIpc) is 2.06. The second-order valence-corrected chi connectivity index (χ2v) is 2.99. The largest absolute Gasteiger partial charge is 0.464 e. The van der Waals surface area contributed by atoms with Crippen molar-refractivity contribution in [3.05, 3.63) is 0 Å². The van der Waals surface area contributed by atoms with Crippen molar-refractivity contribution in [2.45, 2.75) is 11.8 Å². The zero-order valence-corrected chi connectivity index (χ0v) is 7.41. The van der Waals surface area contributed by atoms with Gasteiger partial charge in [0.15, 0.2) is 4.87 Å². The number of carbonyl (C=O) groups excluding carboxylic acids is 1. The van der Waals surface area contributed by atoms with Crippen molar-refractivity contribution >= 4 is 30.1 Å². The predicted molar refractivity (Wildman–Crippen MR) is 47.1 cm³/mol. The van der Waals surface area contributed by atoms with E-state index in [9.17, 15) is 4.79 Å². The number of halogens is 1. The van der Waals surface area contributed by atoms with Crippen LogP contribution in [0.2, 0.25) is 0 Å². The van der Waals surface area contributed by atoms with Gasteiger partial charge in [-0.2, -0.15) is 0 Å². The minimum absolute atomic E-state index is 0.191. The summed E-state index contributed by atoms with van der Waals surface area (Å²) in [6, 6.07) is 0. The van der Waals surface area contributed by atoms with E-state index in [4.69, 9.17) is 16.3 Å². The topological polar surface area (TPSA) is 51.0 Å². The number of carbonyl (C=O) groups is 1. The van der Waals surface area contributed by atoms with Gasteiger partial charge in [0.2, 0.25) is 0 Å². The van der Waals surface area contributed by atoms with Crippen molar-refractivity contribution in [1.82, 2.24) is 0 Å². The van der Waals surface area contributed by atoms with Crippen molar-refractivity contribution in [1.29, 1.82) is 0 Å². The normalized spacial score (nSPS) is 27.2. The Kier molecular flexibility index (Phi) is 2.81. The Morgan fingerprint density at radius 2 is 2.58 bits per heavy atom. The summed E-state index contributed by atoms with van der Waals surface area (Å²) in [6.07, 6.45) is 2.71. The lowest BCUT2D eigenvalue weighted by Crippen LogP contribution is -2.40. The van der Waals surface area contributed by atoms with Crippen molar-refractivity contribution in [2.24, 2.45) is 9.98 Å². The van der Waals surface area contributed by atoms with E-state index in [2.05, 4.69) is 9.98 Å². The fourth-order valence-electron chi connectivity index (χ4n) is 0.781. The zero-order valence-electron chi connectivity index (χ0n) is 6.66. The molecule has 5 heteroatoms. The van der Waals surface area contributed by atoms with Gasteiger partial charge in [-0.25, -0.2) is 9.79 Å². The first-order chi connectivity index (χ1) is 5.69. The molecule has 0 aromatic rings. The number of ether oxygens (including phenoxy) is 1. The van der Waals surface area contributed by atoms with Gasteiger partial charge in [-0.15, -0.1) is 0 Å². The molecule has 66 valence electrons. The molecule has 0 fully saturated rings. The highest BCUT2D eigenvalue weighted by molar-refractivity contribution is 6.43. The van der Waals surface area contributed by atoms with Crippen LogP contribution >= 0.6 is 11.6 Å². The molecule has 0 aromatic carbocycles. The predicted octanol–water partition coefficient (Wildman–Crippen LogP) is 0.640. The van der Waals surface area contributed by atoms with Crippen LogP contribution in [0.5, 0.6) is 0 Å². The zero-order chi connectivity index (χ0) is 9.03. The molecule has 0 radical (unpaired) electrons. The van der Waals surface area contributed by atoms with Gasteiger partial charge in [0.1, 0.15) is 6.34 Å². The van der Waals surface area contributed by atoms with Gasteiger partial charge in [-0.05, 0) is 6.92 Å². The minimum atomic E-state index is -1.19. The maximum absolute atomic E-state index is 11.2. The van der Waals surface area contributed by atoms with Gasteiger partial charge in [-0.1, -0.05) is 11.6 Å². The molecule has 0 bridgehead atoms. The highest BCUT2D eigenvalue weighted by Crippen LogP contribution is 2.17. The SMILES string of the molecule is CCOC(=O)C1(Cl)C=NC=NC1. The van der Waals surface area contributed by atoms with E-state index in [1.807, 2.05) is 0 Å². The van der Waals surface area contributed by atoms with Crippen LogP contribution in [0.25, 0.3) is 0 Å². The van der Waals surface area contributed by atoms with Crippen LogP contribution in [0, 0.1) is 0 Å². The van der Waals surface area contributed by atoms with Crippen molar-refractivity contribution < 1.29 is 9.53 Å². The van der Waals surface area contributed by atoms with Crippen LogP contribution in [0.1, 0.15) is 6.92 Å². The molecule has 1 unspecified atom stereocenters. The number of aliphatic imine (C=N–C) groups is 2. The van der Waals surface area contributed by atoms with Gasteiger partial charge in [-0.3, -0.25) is 4.99 Å². The van der Waals surface area contributed by atoms with E-state index < -0.39 is 10.8 Å². The third kappa shape index (κ3) is 1.82. The standard InChI is InChI=1S/C7H9ClN2O2/c1-2-12-6(11)7(8)3-9-5-10-4-7/h3,5H,2,4H2,1H3. The first-order valence-corrected chi connectivity index (χ1v) is 3.95. The summed E-state index contributed by atoms with van der Waals surface area (Å²) >= 11 is 5.87. The van der Waals surface area contributed by atoms with Gasteiger partial charge < -0.3 is 4.74 Å². The van der Waals surface area contributed by atoms with E-state index in [1.54, 1.807) is 6.92 Å². The second-order valence-electron chi connectivity index (χ2n) is 2.32. The van der Waals surface area contributed by atoms with E-state index in [1.165, 1.54) is 12.6 Å². The third-order valence-electron chi connectivity index (χ3n) is 1.36. The minimum Gasteiger partial charge on any atom is -0.464 e. The van der Waals surface area contributed by atoms with Gasteiger partial charge in [0.25, 0.3) is 0 Å². The molecule has 0 spiro atoms. The van der Waals surface area contributed by atoms with Gasteiger partial charge in [0, 0.05) is 6.21 Å². The Morgan fingerprint density at radius 1 is 1.83 bits per heavy atom. The fourth-order valence-corrected chi connectivity index (χ4v) is 0.961. The van der Waals surface area contributed by atoms with Gasteiger partial charge in [0.05, 0.1) is 13.2 Å². The summed E-state index contributed by atoms with van der Waals surface area (Å²) < 4.78 is 4.75. The molecule has 12 heavy (non-hydrogen) atoms. The molecule has 1 aliphatic rings. The Labute approximate surface area is 75.3 Å². The number of nitrogens with zero attached hydrogens (tertiary/aromatic N) is 2. The van der Waals surface area contributed by atoms with Crippen LogP contribution in [0.4, 0.5) is 0 Å². The molecular weight excluding hydrogens is 180 g/mol. The molecule has 0 saturated carbocycles. The molecule has 0 saturated heterocycles. The van der Waals surface area contributed by atoms with E-state index >= 15 is 0 Å². The maximum atomic E-state index is 11.2. The summed E-state index contributed by atoms with van der Waals surface area (Å²) in [7, 11) is 0. The van der Waals surface area contributed by atoms with Crippen LogP contribution < -0.4 is 0 Å². The molecule has 1 heterocycles. The van der Waals surface area contributed by atoms with Crippen molar-refractivity contribution in [3.63, 3.8) is 0 Å². The van der Waals surface area contributed by atoms with E-state index in [0.29, 0.717) is 6.61 Å². The van der Waals surface area contributed by atoms with Crippen LogP contribution in [0.15, 0.2) is 9.98 Å². The molecule has 1 aliphatic heterocycles. The lowest BCUT2D eigenvalue weighted by molar-refractivity contribution is -0.143. The number of esters is 1. The maximum Gasteiger partial charge on any atom is 0.334 e. The monoisotopic (exact) mass is 188 g/mol. The lowest BCUT2D eigenvalue weighted by Gasteiger charge is -2.19. The molecule has 1 atom stereocenters. The van der Waals surface area contributed by atoms with Crippen LogP contribution in [-0.2, 0) is 9.53 Å². The van der Waals surface area contributed by atoms with Gasteiger partial charge >= 0.3 is 5.97 Å². The van der Waals surface area contributed by atoms with E-state index in [0.717, 1.165) is 0 Å². The molecule has 1 rings (SSSR count). The van der Waals surface area contributed by atoms with Crippen LogP contribution in [0.3, 0.4) is 0 Å². The Bertz CT molecular complexity index is 240. The molecular formula is C7H9ClN2O2. The molecule has 0 aromatic heterocycles. The first kappa shape index (κ1) is 9.19. The Balaban J connectivity index is 2.65. The second kappa shape index (κ2) is 3.67. The highest BCUT2D eigenvalue weighted by atomic mass is 35.5. The third-order valence-corrected chi connectivity index (χ3v) is 1.74. The molecule has 4 nitrogen and oxygen atoms in total. The summed E-state index contributed by atoms with van der Waals surface area (Å²) in [5.41, 5.74) is 0. The Hall–Kier alpha value is -0.900.